The number of nitrogens with zero attached hydrogens (tertiary/aromatic N) is 3. The molecule has 31 heavy (non-hydrogen) atoms. The molecule has 2 aromatic rings. The average molecular weight is 476 g/mol. The Hall–Kier alpha value is -1.69. The predicted octanol–water partition coefficient (Wildman–Crippen LogP) is 3.86. The molecule has 0 spiro atoms. The number of hydrogen-bond acceptors (Lipinski definition) is 6. The van der Waals surface area contributed by atoms with Crippen LogP contribution in [0.5, 0.6) is 5.19 Å². The van der Waals surface area contributed by atoms with Crippen LogP contribution in [0, 0.1) is 0 Å². The zero-order chi connectivity index (χ0) is 22.1. The maximum absolute atomic E-state index is 12.8. The van der Waals surface area contributed by atoms with Crippen LogP contribution in [0.25, 0.3) is 0 Å². The lowest BCUT2D eigenvalue weighted by molar-refractivity contribution is -0.137. The minimum absolute atomic E-state index is 0.0981. The molecule has 3 heterocycles. The molecule has 4 rings (SSSR count). The van der Waals surface area contributed by atoms with Crippen LogP contribution in [0.4, 0.5) is 13.2 Å². The Labute approximate surface area is 183 Å². The maximum Gasteiger partial charge on any atom is 0.416 e. The van der Waals surface area contributed by atoms with Gasteiger partial charge in [-0.15, -0.1) is 0 Å². The van der Waals surface area contributed by atoms with Crippen molar-refractivity contribution in [1.29, 1.82) is 0 Å². The van der Waals surface area contributed by atoms with Crippen LogP contribution in [-0.2, 0) is 16.2 Å². The summed E-state index contributed by atoms with van der Waals surface area (Å²) in [7, 11) is -3.79. The molecule has 2 saturated heterocycles. The van der Waals surface area contributed by atoms with Crippen LogP contribution in [0.1, 0.15) is 31.2 Å². The van der Waals surface area contributed by atoms with Gasteiger partial charge in [0.1, 0.15) is 6.10 Å². The van der Waals surface area contributed by atoms with Crippen LogP contribution in [0.15, 0.2) is 40.7 Å². The van der Waals surface area contributed by atoms with E-state index >= 15 is 0 Å². The van der Waals surface area contributed by atoms with Crippen LogP contribution in [-0.4, -0.2) is 60.9 Å². The fraction of sp³-hybridized carbons (Fsp3) is 0.550. The third kappa shape index (κ3) is 5.21. The van der Waals surface area contributed by atoms with Crippen molar-refractivity contribution in [2.24, 2.45) is 0 Å². The molecule has 2 aliphatic heterocycles. The Morgan fingerprint density at radius 1 is 1.00 bits per heavy atom. The molecule has 0 bridgehead atoms. The summed E-state index contributed by atoms with van der Waals surface area (Å²) >= 11 is 1.48. The molecule has 0 aliphatic carbocycles. The number of sulfonamides is 1. The number of rotatable bonds is 5. The molecule has 2 fully saturated rings. The van der Waals surface area contributed by atoms with Gasteiger partial charge in [0.2, 0.25) is 10.0 Å². The fourth-order valence-electron chi connectivity index (χ4n) is 4.18. The van der Waals surface area contributed by atoms with E-state index in [1.54, 1.807) is 6.20 Å². The molecule has 1 aromatic heterocycles. The van der Waals surface area contributed by atoms with Gasteiger partial charge < -0.3 is 9.64 Å². The third-order valence-electron chi connectivity index (χ3n) is 5.91. The normalized spacial score (nSPS) is 20.7. The van der Waals surface area contributed by atoms with E-state index in [2.05, 4.69) is 9.88 Å². The molecule has 170 valence electrons. The summed E-state index contributed by atoms with van der Waals surface area (Å²) in [6.07, 6.45) is 0.618. The lowest BCUT2D eigenvalue weighted by Crippen LogP contribution is -2.50. The average Bonchev–Trinajstić information content (AvgIpc) is 3.27. The number of benzene rings is 1. The summed E-state index contributed by atoms with van der Waals surface area (Å²) in [5.74, 6) is 0. The van der Waals surface area contributed by atoms with Gasteiger partial charge in [-0.2, -0.15) is 17.5 Å². The van der Waals surface area contributed by atoms with Gasteiger partial charge in [0.05, 0.1) is 10.5 Å². The van der Waals surface area contributed by atoms with E-state index in [0.717, 1.165) is 50.2 Å². The number of aromatic nitrogens is 1. The van der Waals surface area contributed by atoms with Crippen LogP contribution in [0.2, 0.25) is 0 Å². The number of hydrogen-bond donors (Lipinski definition) is 0. The van der Waals surface area contributed by atoms with Gasteiger partial charge in [0, 0.05) is 43.8 Å². The molecule has 11 heteroatoms. The number of alkyl halides is 3. The first-order valence-corrected chi connectivity index (χ1v) is 12.5. The molecule has 0 amide bonds. The molecular formula is C20H24F3N3O3S2. The van der Waals surface area contributed by atoms with Gasteiger partial charge in [-0.3, -0.25) is 0 Å². The van der Waals surface area contributed by atoms with Crippen molar-refractivity contribution in [2.45, 2.75) is 48.9 Å². The van der Waals surface area contributed by atoms with E-state index in [9.17, 15) is 21.6 Å². The number of piperidine rings is 2. The van der Waals surface area contributed by atoms with Crippen molar-refractivity contribution in [1.82, 2.24) is 14.2 Å². The van der Waals surface area contributed by atoms with E-state index in [4.69, 9.17) is 4.74 Å². The summed E-state index contributed by atoms with van der Waals surface area (Å²) in [4.78, 5) is 6.45. The second kappa shape index (κ2) is 9.05. The molecule has 0 radical (unpaired) electrons. The second-order valence-electron chi connectivity index (χ2n) is 7.81. The second-order valence-corrected chi connectivity index (χ2v) is 10.6. The highest BCUT2D eigenvalue weighted by Crippen LogP contribution is 2.31. The molecule has 1 aromatic carbocycles. The van der Waals surface area contributed by atoms with Crippen molar-refractivity contribution in [2.75, 3.05) is 26.2 Å². The SMILES string of the molecule is O=S(=O)(c1ccc(C(F)(F)F)cc1)N1CCC(N2CCC(Oc3nccs3)CC2)CC1. The summed E-state index contributed by atoms with van der Waals surface area (Å²) in [5, 5.41) is 2.58. The lowest BCUT2D eigenvalue weighted by atomic mass is 10.00. The first kappa shape index (κ1) is 22.5. The lowest BCUT2D eigenvalue weighted by Gasteiger charge is -2.41. The zero-order valence-corrected chi connectivity index (χ0v) is 18.4. The first-order chi connectivity index (χ1) is 14.7. The van der Waals surface area contributed by atoms with Crippen molar-refractivity contribution in [3.05, 3.63) is 41.4 Å². The standard InChI is InChI=1S/C20H24F3N3O3S2/c21-20(22,23)15-1-3-18(4-2-15)31(27,28)26-12-5-16(6-13-26)25-10-7-17(8-11-25)29-19-24-9-14-30-19/h1-4,9,14,16-17H,5-8,10-13H2. The molecule has 0 unspecified atom stereocenters. The minimum atomic E-state index is -4.49. The molecule has 0 saturated carbocycles. The minimum Gasteiger partial charge on any atom is -0.467 e. The molecule has 6 nitrogen and oxygen atoms in total. The van der Waals surface area contributed by atoms with E-state index in [1.165, 1.54) is 15.6 Å². The van der Waals surface area contributed by atoms with Crippen molar-refractivity contribution in [3.8, 4) is 5.19 Å². The Morgan fingerprint density at radius 2 is 1.65 bits per heavy atom. The van der Waals surface area contributed by atoms with Crippen molar-refractivity contribution >= 4 is 21.4 Å². The van der Waals surface area contributed by atoms with E-state index in [0.29, 0.717) is 37.2 Å². The number of likely N-dealkylation sites (tertiary alicyclic amines) is 1. The Morgan fingerprint density at radius 3 is 2.19 bits per heavy atom. The monoisotopic (exact) mass is 475 g/mol. The highest BCUT2D eigenvalue weighted by molar-refractivity contribution is 7.89. The van der Waals surface area contributed by atoms with Crippen LogP contribution in [0.3, 0.4) is 0 Å². The largest absolute Gasteiger partial charge is 0.467 e. The van der Waals surface area contributed by atoms with E-state index in [-0.39, 0.29) is 11.0 Å². The maximum atomic E-state index is 12.8. The third-order valence-corrected chi connectivity index (χ3v) is 8.49. The molecule has 2 aliphatic rings. The summed E-state index contributed by atoms with van der Waals surface area (Å²) in [6.45, 7) is 2.52. The van der Waals surface area contributed by atoms with Gasteiger partial charge in [0.25, 0.3) is 5.19 Å². The summed E-state index contributed by atoms with van der Waals surface area (Å²) < 4.78 is 71.1. The van der Waals surface area contributed by atoms with Crippen molar-refractivity contribution in [3.63, 3.8) is 0 Å². The quantitative estimate of drug-likeness (QED) is 0.657. The Kier molecular flexibility index (Phi) is 6.57. The van der Waals surface area contributed by atoms with Gasteiger partial charge >= 0.3 is 6.18 Å². The Balaban J connectivity index is 1.29. The molecule has 0 atom stereocenters. The van der Waals surface area contributed by atoms with E-state index in [1.807, 2.05) is 5.38 Å². The van der Waals surface area contributed by atoms with Crippen LogP contribution < -0.4 is 4.74 Å². The topological polar surface area (TPSA) is 62.7 Å². The van der Waals surface area contributed by atoms with Crippen LogP contribution >= 0.6 is 11.3 Å². The number of ether oxygens (including phenoxy) is 1. The number of halogens is 3. The van der Waals surface area contributed by atoms with Gasteiger partial charge in [0.15, 0.2) is 0 Å². The number of thiazole rings is 1. The van der Waals surface area contributed by atoms with Gasteiger partial charge in [-0.25, -0.2) is 13.4 Å². The first-order valence-electron chi connectivity index (χ1n) is 10.2. The fourth-order valence-corrected chi connectivity index (χ4v) is 6.20. The van der Waals surface area contributed by atoms with Gasteiger partial charge in [-0.05, 0) is 49.9 Å². The summed E-state index contributed by atoms with van der Waals surface area (Å²) in [6, 6.07) is 4.02. The smallest absolute Gasteiger partial charge is 0.416 e. The zero-order valence-electron chi connectivity index (χ0n) is 16.8. The highest BCUT2D eigenvalue weighted by atomic mass is 32.2. The van der Waals surface area contributed by atoms with Gasteiger partial charge in [-0.1, -0.05) is 11.3 Å². The molecular weight excluding hydrogens is 451 g/mol. The summed E-state index contributed by atoms with van der Waals surface area (Å²) in [5.41, 5.74) is -0.854. The highest BCUT2D eigenvalue weighted by Gasteiger charge is 2.35. The Bertz CT molecular complexity index is 950. The molecule has 0 N–H and O–H groups in total. The predicted molar refractivity (Wildman–Crippen MR) is 111 cm³/mol. The van der Waals surface area contributed by atoms with Crippen molar-refractivity contribution < 1.29 is 26.3 Å². The van der Waals surface area contributed by atoms with E-state index < -0.39 is 21.8 Å².